The monoisotopic (exact) mass is 373 g/mol. The predicted octanol–water partition coefficient (Wildman–Crippen LogP) is 3.19. The first kappa shape index (κ1) is 20.9. The van der Waals surface area contributed by atoms with Crippen molar-refractivity contribution >= 4 is 23.4 Å². The molecule has 1 aromatic carbocycles. The van der Waals surface area contributed by atoms with Gasteiger partial charge in [0.25, 0.3) is 5.91 Å². The Bertz CT molecular complexity index is 649. The lowest BCUT2D eigenvalue weighted by molar-refractivity contribution is -0.127. The van der Waals surface area contributed by atoms with Crippen molar-refractivity contribution in [2.24, 2.45) is 5.92 Å². The minimum absolute atomic E-state index is 0.0146. The van der Waals surface area contributed by atoms with E-state index in [1.54, 1.807) is 29.2 Å². The molecule has 1 saturated heterocycles. The van der Waals surface area contributed by atoms with Crippen molar-refractivity contribution < 1.29 is 14.4 Å². The molecule has 1 aliphatic heterocycles. The summed E-state index contributed by atoms with van der Waals surface area (Å²) < 4.78 is 0. The normalized spacial score (nSPS) is 15.9. The molecular formula is C21H31N3O3. The van der Waals surface area contributed by atoms with Crippen LogP contribution < -0.4 is 10.6 Å². The predicted molar refractivity (Wildman–Crippen MR) is 107 cm³/mol. The van der Waals surface area contributed by atoms with Crippen LogP contribution in [0.3, 0.4) is 0 Å². The van der Waals surface area contributed by atoms with Crippen molar-refractivity contribution in [1.82, 2.24) is 10.2 Å². The Morgan fingerprint density at radius 2 is 1.74 bits per heavy atom. The number of amides is 3. The molecule has 6 nitrogen and oxygen atoms in total. The number of rotatable bonds is 7. The van der Waals surface area contributed by atoms with Crippen LogP contribution >= 0.6 is 0 Å². The first-order valence-electron chi connectivity index (χ1n) is 9.94. The quantitative estimate of drug-likeness (QED) is 0.770. The van der Waals surface area contributed by atoms with E-state index in [0.29, 0.717) is 43.6 Å². The van der Waals surface area contributed by atoms with Gasteiger partial charge in [-0.2, -0.15) is 0 Å². The van der Waals surface area contributed by atoms with E-state index in [-0.39, 0.29) is 29.7 Å². The summed E-state index contributed by atoms with van der Waals surface area (Å²) >= 11 is 0. The SMILES string of the molecule is CCCC(=O)Nc1ccc(C(=O)N2CCC(C(=O)NC(C)CC)CC2)cc1. The van der Waals surface area contributed by atoms with Gasteiger partial charge in [0.15, 0.2) is 0 Å². The lowest BCUT2D eigenvalue weighted by atomic mass is 9.95. The van der Waals surface area contributed by atoms with Crippen LogP contribution in [0.2, 0.25) is 0 Å². The smallest absolute Gasteiger partial charge is 0.253 e. The standard InChI is InChI=1S/C21H31N3O3/c1-4-6-19(25)23-18-9-7-17(8-10-18)21(27)24-13-11-16(12-14-24)20(26)22-15(3)5-2/h7-10,15-16H,4-6,11-14H2,1-3H3,(H,22,26)(H,23,25). The second-order valence-corrected chi connectivity index (χ2v) is 7.26. The molecule has 1 heterocycles. The number of anilines is 1. The summed E-state index contributed by atoms with van der Waals surface area (Å²) in [5.41, 5.74) is 1.30. The van der Waals surface area contributed by atoms with E-state index in [0.717, 1.165) is 12.8 Å². The van der Waals surface area contributed by atoms with E-state index in [1.165, 1.54) is 0 Å². The highest BCUT2D eigenvalue weighted by Crippen LogP contribution is 2.20. The molecule has 2 rings (SSSR count). The molecule has 3 amide bonds. The van der Waals surface area contributed by atoms with Crippen LogP contribution in [0.25, 0.3) is 0 Å². The molecule has 0 aliphatic carbocycles. The summed E-state index contributed by atoms with van der Waals surface area (Å²) in [5, 5.41) is 5.85. The lowest BCUT2D eigenvalue weighted by Gasteiger charge is -2.32. The first-order valence-corrected chi connectivity index (χ1v) is 9.94. The average Bonchev–Trinajstić information content (AvgIpc) is 2.68. The van der Waals surface area contributed by atoms with E-state index in [1.807, 2.05) is 20.8 Å². The maximum atomic E-state index is 12.7. The Labute approximate surface area is 161 Å². The number of hydrogen-bond donors (Lipinski definition) is 2. The van der Waals surface area contributed by atoms with Gasteiger partial charge in [0.05, 0.1) is 0 Å². The number of benzene rings is 1. The molecule has 1 fully saturated rings. The summed E-state index contributed by atoms with van der Waals surface area (Å²) in [5.74, 6) is 0.0411. The molecule has 0 bridgehead atoms. The first-order chi connectivity index (χ1) is 12.9. The van der Waals surface area contributed by atoms with Gasteiger partial charge in [-0.1, -0.05) is 13.8 Å². The largest absolute Gasteiger partial charge is 0.353 e. The van der Waals surface area contributed by atoms with Crippen molar-refractivity contribution in [2.45, 2.75) is 58.9 Å². The average molecular weight is 373 g/mol. The molecule has 0 spiro atoms. The van der Waals surface area contributed by atoms with E-state index in [4.69, 9.17) is 0 Å². The molecular weight excluding hydrogens is 342 g/mol. The Kier molecular flexibility index (Phi) is 7.82. The van der Waals surface area contributed by atoms with Gasteiger partial charge in [-0.25, -0.2) is 0 Å². The molecule has 0 aromatic heterocycles. The van der Waals surface area contributed by atoms with Gasteiger partial charge in [-0.05, 0) is 56.9 Å². The van der Waals surface area contributed by atoms with Crippen LogP contribution in [0, 0.1) is 5.92 Å². The Morgan fingerprint density at radius 1 is 1.11 bits per heavy atom. The van der Waals surface area contributed by atoms with Gasteiger partial charge in [-0.15, -0.1) is 0 Å². The molecule has 148 valence electrons. The summed E-state index contributed by atoms with van der Waals surface area (Å²) in [7, 11) is 0. The van der Waals surface area contributed by atoms with E-state index < -0.39 is 0 Å². The van der Waals surface area contributed by atoms with Crippen LogP contribution in [0.1, 0.15) is 63.2 Å². The number of nitrogens with zero attached hydrogens (tertiary/aromatic N) is 1. The maximum Gasteiger partial charge on any atom is 0.253 e. The third-order valence-electron chi connectivity index (χ3n) is 5.05. The van der Waals surface area contributed by atoms with E-state index in [9.17, 15) is 14.4 Å². The van der Waals surface area contributed by atoms with Crippen molar-refractivity contribution in [3.8, 4) is 0 Å². The number of carbonyl (C=O) groups is 3. The van der Waals surface area contributed by atoms with Gasteiger partial charge in [0.2, 0.25) is 11.8 Å². The van der Waals surface area contributed by atoms with Crippen molar-refractivity contribution in [3.63, 3.8) is 0 Å². The molecule has 1 atom stereocenters. The van der Waals surface area contributed by atoms with E-state index >= 15 is 0 Å². The molecule has 1 unspecified atom stereocenters. The maximum absolute atomic E-state index is 12.7. The van der Waals surface area contributed by atoms with Crippen LogP contribution in [-0.2, 0) is 9.59 Å². The number of piperidine rings is 1. The molecule has 1 aromatic rings. The molecule has 1 aliphatic rings. The fourth-order valence-electron chi connectivity index (χ4n) is 3.14. The second kappa shape index (κ2) is 10.1. The van der Waals surface area contributed by atoms with Gasteiger partial charge in [0.1, 0.15) is 0 Å². The zero-order valence-corrected chi connectivity index (χ0v) is 16.6. The molecule has 27 heavy (non-hydrogen) atoms. The van der Waals surface area contributed by atoms with Gasteiger partial charge >= 0.3 is 0 Å². The number of likely N-dealkylation sites (tertiary alicyclic amines) is 1. The highest BCUT2D eigenvalue weighted by atomic mass is 16.2. The van der Waals surface area contributed by atoms with E-state index in [2.05, 4.69) is 10.6 Å². The number of hydrogen-bond acceptors (Lipinski definition) is 3. The zero-order chi connectivity index (χ0) is 19.8. The second-order valence-electron chi connectivity index (χ2n) is 7.26. The summed E-state index contributed by atoms with van der Waals surface area (Å²) in [6.07, 6.45) is 3.59. The van der Waals surface area contributed by atoms with Gasteiger partial charge in [-0.3, -0.25) is 14.4 Å². The Balaban J connectivity index is 1.86. The topological polar surface area (TPSA) is 78.5 Å². The van der Waals surface area contributed by atoms with Crippen LogP contribution in [0.4, 0.5) is 5.69 Å². The van der Waals surface area contributed by atoms with Crippen molar-refractivity contribution in [3.05, 3.63) is 29.8 Å². The van der Waals surface area contributed by atoms with Crippen molar-refractivity contribution in [2.75, 3.05) is 18.4 Å². The van der Waals surface area contributed by atoms with Crippen LogP contribution in [-0.4, -0.2) is 41.8 Å². The lowest BCUT2D eigenvalue weighted by Crippen LogP contribution is -2.44. The molecule has 6 heteroatoms. The zero-order valence-electron chi connectivity index (χ0n) is 16.6. The molecule has 2 N–H and O–H groups in total. The number of carbonyl (C=O) groups excluding carboxylic acids is 3. The van der Waals surface area contributed by atoms with Crippen molar-refractivity contribution in [1.29, 1.82) is 0 Å². The Morgan fingerprint density at radius 3 is 2.30 bits per heavy atom. The summed E-state index contributed by atoms with van der Waals surface area (Å²) in [6, 6.07) is 7.19. The summed E-state index contributed by atoms with van der Waals surface area (Å²) in [4.78, 5) is 38.3. The third-order valence-corrected chi connectivity index (χ3v) is 5.05. The van der Waals surface area contributed by atoms with Gasteiger partial charge in [0, 0.05) is 42.7 Å². The van der Waals surface area contributed by atoms with Gasteiger partial charge < -0.3 is 15.5 Å². The van der Waals surface area contributed by atoms with Crippen LogP contribution in [0.15, 0.2) is 24.3 Å². The Hall–Kier alpha value is -2.37. The minimum atomic E-state index is -0.0257. The fraction of sp³-hybridized carbons (Fsp3) is 0.571. The molecule has 0 radical (unpaired) electrons. The highest BCUT2D eigenvalue weighted by Gasteiger charge is 2.28. The summed E-state index contributed by atoms with van der Waals surface area (Å²) in [6.45, 7) is 7.19. The highest BCUT2D eigenvalue weighted by molar-refractivity contribution is 5.96. The fourth-order valence-corrected chi connectivity index (χ4v) is 3.14. The van der Waals surface area contributed by atoms with Crippen LogP contribution in [0.5, 0.6) is 0 Å². The molecule has 0 saturated carbocycles. The number of nitrogens with one attached hydrogen (secondary N) is 2. The minimum Gasteiger partial charge on any atom is -0.353 e. The third kappa shape index (κ3) is 6.08.